The number of carbonyl (C=O) groups is 1. The summed E-state index contributed by atoms with van der Waals surface area (Å²) < 4.78 is 37.5. The fourth-order valence-electron chi connectivity index (χ4n) is 0.216. The minimum atomic E-state index is -4.90. The van der Waals surface area contributed by atoms with Crippen molar-refractivity contribution in [3.63, 3.8) is 0 Å². The largest absolute Gasteiger partial charge is 0.490 e. The number of hydrogen-bond donors (Lipinski definition) is 0. The van der Waals surface area contributed by atoms with E-state index < -0.39 is 18.8 Å². The summed E-state index contributed by atoms with van der Waals surface area (Å²) in [5.74, 6) is -2.19. The minimum absolute atomic E-state index is 0. The highest BCUT2D eigenvalue weighted by Gasteiger charge is 2.40. The number of ether oxygens (including phenoxy) is 1. The summed E-state index contributed by atoms with van der Waals surface area (Å²) in [5.41, 5.74) is 0. The standard InChI is InChI=1S/C5H5F3O2.B/c1-2-3-10-4(9)5(6,7)8;/h2H,1,3H2;. The third-order valence-electron chi connectivity index (χ3n) is 0.564. The van der Waals surface area contributed by atoms with Gasteiger partial charge in [0.1, 0.15) is 6.61 Å². The maximum Gasteiger partial charge on any atom is 0.490 e. The lowest BCUT2D eigenvalue weighted by molar-refractivity contribution is -0.198. The molecule has 3 radical (unpaired) electrons. The molecule has 0 saturated carbocycles. The fourth-order valence-corrected chi connectivity index (χ4v) is 0.216. The molecule has 0 N–H and O–H groups in total. The summed E-state index contributed by atoms with van der Waals surface area (Å²) in [6.45, 7) is 2.65. The average Bonchev–Trinajstić information content (AvgIpc) is 1.80. The van der Waals surface area contributed by atoms with Crippen LogP contribution in [0.3, 0.4) is 0 Å². The number of rotatable bonds is 2. The van der Waals surface area contributed by atoms with E-state index in [2.05, 4.69) is 11.3 Å². The van der Waals surface area contributed by atoms with Gasteiger partial charge in [0.05, 0.1) is 0 Å². The molecule has 0 aromatic rings. The van der Waals surface area contributed by atoms with Crippen LogP contribution in [0.25, 0.3) is 0 Å². The average molecular weight is 165 g/mol. The van der Waals surface area contributed by atoms with Crippen LogP contribution in [-0.4, -0.2) is 27.2 Å². The first-order chi connectivity index (χ1) is 4.48. The monoisotopic (exact) mass is 165 g/mol. The molecule has 0 fully saturated rings. The zero-order chi connectivity index (χ0) is 8.20. The van der Waals surface area contributed by atoms with Crippen molar-refractivity contribution in [1.29, 1.82) is 0 Å². The van der Waals surface area contributed by atoms with E-state index in [0.717, 1.165) is 6.08 Å². The predicted octanol–water partition coefficient (Wildman–Crippen LogP) is 0.897. The molecule has 0 aliphatic heterocycles. The molecule has 0 saturated heterocycles. The lowest BCUT2D eigenvalue weighted by atomic mass is 10.6. The van der Waals surface area contributed by atoms with Gasteiger partial charge in [-0.2, -0.15) is 13.2 Å². The van der Waals surface area contributed by atoms with Crippen molar-refractivity contribution in [3.8, 4) is 0 Å². The maximum atomic E-state index is 11.3. The number of esters is 1. The first-order valence-electron chi connectivity index (χ1n) is 2.33. The molecule has 0 spiro atoms. The lowest BCUT2D eigenvalue weighted by Crippen LogP contribution is -2.25. The van der Waals surface area contributed by atoms with Gasteiger partial charge in [0.15, 0.2) is 0 Å². The predicted molar refractivity (Wildman–Crippen MR) is 33.0 cm³/mol. The minimum Gasteiger partial charge on any atom is -0.455 e. The summed E-state index contributed by atoms with van der Waals surface area (Å²) in [4.78, 5) is 9.83. The summed E-state index contributed by atoms with van der Waals surface area (Å²) in [6.07, 6.45) is -3.84. The van der Waals surface area contributed by atoms with Crippen LogP contribution in [0.2, 0.25) is 0 Å². The molecule has 0 bridgehead atoms. The first-order valence-corrected chi connectivity index (χ1v) is 2.33. The van der Waals surface area contributed by atoms with Crippen LogP contribution >= 0.6 is 0 Å². The molecule has 11 heavy (non-hydrogen) atoms. The van der Waals surface area contributed by atoms with Gasteiger partial charge in [-0.15, -0.1) is 0 Å². The Morgan fingerprint density at radius 1 is 1.55 bits per heavy atom. The normalized spacial score (nSPS) is 9.73. The molecule has 6 heteroatoms. The zero-order valence-electron chi connectivity index (χ0n) is 5.52. The highest BCUT2D eigenvalue weighted by molar-refractivity contribution is 5.76. The van der Waals surface area contributed by atoms with E-state index in [-0.39, 0.29) is 8.41 Å². The molecule has 0 heterocycles. The zero-order valence-corrected chi connectivity index (χ0v) is 5.52. The summed E-state index contributed by atoms with van der Waals surface area (Å²) >= 11 is 0. The summed E-state index contributed by atoms with van der Waals surface area (Å²) in [5, 5.41) is 0. The Morgan fingerprint density at radius 2 is 2.00 bits per heavy atom. The van der Waals surface area contributed by atoms with Gasteiger partial charge in [0.25, 0.3) is 0 Å². The fraction of sp³-hybridized carbons (Fsp3) is 0.400. The number of alkyl halides is 3. The van der Waals surface area contributed by atoms with Crippen molar-refractivity contribution in [3.05, 3.63) is 12.7 Å². The van der Waals surface area contributed by atoms with Gasteiger partial charge in [-0.1, -0.05) is 12.7 Å². The van der Waals surface area contributed by atoms with Crippen LogP contribution in [0.5, 0.6) is 0 Å². The lowest BCUT2D eigenvalue weighted by Gasteiger charge is -2.03. The molecular weight excluding hydrogens is 160 g/mol. The molecule has 0 unspecified atom stereocenters. The summed E-state index contributed by atoms with van der Waals surface area (Å²) in [7, 11) is 0. The Balaban J connectivity index is 0. The summed E-state index contributed by atoms with van der Waals surface area (Å²) in [6, 6.07) is 0. The molecule has 0 rings (SSSR count). The van der Waals surface area contributed by atoms with Gasteiger partial charge in [-0.3, -0.25) is 0 Å². The molecule has 61 valence electrons. The van der Waals surface area contributed by atoms with Crippen molar-refractivity contribution in [1.82, 2.24) is 0 Å². The molecule has 0 aromatic carbocycles. The van der Waals surface area contributed by atoms with Crippen LogP contribution in [0.15, 0.2) is 12.7 Å². The van der Waals surface area contributed by atoms with Crippen molar-refractivity contribution in [2.24, 2.45) is 0 Å². The van der Waals surface area contributed by atoms with Gasteiger partial charge >= 0.3 is 12.1 Å². The molecule has 0 aliphatic rings. The van der Waals surface area contributed by atoms with E-state index in [1.54, 1.807) is 0 Å². The van der Waals surface area contributed by atoms with Crippen LogP contribution in [0, 0.1) is 0 Å². The van der Waals surface area contributed by atoms with E-state index in [1.807, 2.05) is 0 Å². The van der Waals surface area contributed by atoms with Crippen LogP contribution in [-0.2, 0) is 9.53 Å². The van der Waals surface area contributed by atoms with Crippen molar-refractivity contribution in [2.45, 2.75) is 6.18 Å². The van der Waals surface area contributed by atoms with Gasteiger partial charge in [-0.25, -0.2) is 4.79 Å². The molecule has 0 aliphatic carbocycles. The highest BCUT2D eigenvalue weighted by atomic mass is 19.4. The Morgan fingerprint density at radius 3 is 2.27 bits per heavy atom. The molecule has 0 aromatic heterocycles. The number of hydrogen-bond acceptors (Lipinski definition) is 2. The van der Waals surface area contributed by atoms with Crippen molar-refractivity contribution < 1.29 is 22.7 Å². The molecule has 2 nitrogen and oxygen atoms in total. The highest BCUT2D eigenvalue weighted by Crippen LogP contribution is 2.15. The first kappa shape index (κ1) is 12.7. The Bertz CT molecular complexity index is 143. The van der Waals surface area contributed by atoms with Gasteiger partial charge in [0, 0.05) is 8.41 Å². The third-order valence-corrected chi connectivity index (χ3v) is 0.564. The Labute approximate surface area is 63.6 Å². The topological polar surface area (TPSA) is 26.3 Å². The van der Waals surface area contributed by atoms with Gasteiger partial charge in [-0.05, 0) is 0 Å². The Kier molecular flexibility index (Phi) is 5.57. The van der Waals surface area contributed by atoms with E-state index in [9.17, 15) is 18.0 Å². The van der Waals surface area contributed by atoms with Crippen molar-refractivity contribution in [2.75, 3.05) is 6.61 Å². The molecule has 0 amide bonds. The van der Waals surface area contributed by atoms with Gasteiger partial charge < -0.3 is 4.74 Å². The van der Waals surface area contributed by atoms with Crippen LogP contribution in [0.4, 0.5) is 13.2 Å². The Hall–Kier alpha value is -0.935. The third kappa shape index (κ3) is 5.51. The smallest absolute Gasteiger partial charge is 0.455 e. The van der Waals surface area contributed by atoms with Crippen LogP contribution < -0.4 is 0 Å². The van der Waals surface area contributed by atoms with Crippen molar-refractivity contribution >= 4 is 14.4 Å². The second-order valence-corrected chi connectivity index (χ2v) is 1.38. The molecular formula is C5H5BF3O2. The quantitative estimate of drug-likeness (QED) is 0.345. The van der Waals surface area contributed by atoms with E-state index in [0.29, 0.717) is 0 Å². The van der Waals surface area contributed by atoms with E-state index >= 15 is 0 Å². The second kappa shape index (κ2) is 4.82. The molecule has 0 atom stereocenters. The van der Waals surface area contributed by atoms with Crippen LogP contribution in [0.1, 0.15) is 0 Å². The number of carbonyl (C=O) groups excluding carboxylic acids is 1. The van der Waals surface area contributed by atoms with E-state index in [4.69, 9.17) is 0 Å². The van der Waals surface area contributed by atoms with Gasteiger partial charge in [0.2, 0.25) is 0 Å². The maximum absolute atomic E-state index is 11.3. The SMILES string of the molecule is C=CCOC(=O)C(F)(F)F.[B]. The second-order valence-electron chi connectivity index (χ2n) is 1.38. The number of halogens is 3. The van der Waals surface area contributed by atoms with E-state index in [1.165, 1.54) is 0 Å².